The summed E-state index contributed by atoms with van der Waals surface area (Å²) in [5.41, 5.74) is 1.34. The lowest BCUT2D eigenvalue weighted by atomic mass is 10.2. The Labute approximate surface area is 128 Å². The fraction of sp³-hybridized carbons (Fsp3) is 0.357. The van der Waals surface area contributed by atoms with Crippen LogP contribution in [0.1, 0.15) is 21.1 Å². The third-order valence-corrected chi connectivity index (χ3v) is 5.82. The first-order chi connectivity index (χ1) is 9.79. The van der Waals surface area contributed by atoms with E-state index in [1.165, 1.54) is 12.1 Å². The van der Waals surface area contributed by atoms with E-state index in [0.717, 1.165) is 21.6 Å². The monoisotopic (exact) mass is 328 g/mol. The zero-order valence-corrected chi connectivity index (χ0v) is 13.7. The van der Waals surface area contributed by atoms with Gasteiger partial charge in [0.25, 0.3) is 0 Å². The summed E-state index contributed by atoms with van der Waals surface area (Å²) in [5.74, 6) is -0.442. The fourth-order valence-corrected chi connectivity index (χ4v) is 4.29. The van der Waals surface area contributed by atoms with Crippen LogP contribution in [-0.2, 0) is 16.4 Å². The van der Waals surface area contributed by atoms with Gasteiger partial charge in [-0.05, 0) is 51.0 Å². The van der Waals surface area contributed by atoms with Gasteiger partial charge in [0.05, 0.1) is 15.6 Å². The number of aryl methyl sites for hydroxylation is 3. The number of thiazole rings is 1. The minimum Gasteiger partial charge on any atom is -0.247 e. The number of sulfonamides is 1. The molecule has 2 aromatic rings. The number of rotatable bonds is 5. The highest BCUT2D eigenvalue weighted by atomic mass is 32.2. The van der Waals surface area contributed by atoms with Gasteiger partial charge in [-0.1, -0.05) is 0 Å². The number of hydrogen-bond acceptors (Lipinski definition) is 4. The van der Waals surface area contributed by atoms with Gasteiger partial charge in [-0.15, -0.1) is 11.3 Å². The molecular weight excluding hydrogens is 311 g/mol. The van der Waals surface area contributed by atoms with Crippen LogP contribution in [0, 0.1) is 26.6 Å². The van der Waals surface area contributed by atoms with Gasteiger partial charge in [0.1, 0.15) is 5.82 Å². The largest absolute Gasteiger partial charge is 0.247 e. The molecule has 0 aliphatic heterocycles. The summed E-state index contributed by atoms with van der Waals surface area (Å²) in [5, 5.41) is 0.972. The van der Waals surface area contributed by atoms with Crippen LogP contribution < -0.4 is 4.72 Å². The highest BCUT2D eigenvalue weighted by Crippen LogP contribution is 2.18. The van der Waals surface area contributed by atoms with Crippen LogP contribution in [0.15, 0.2) is 23.1 Å². The van der Waals surface area contributed by atoms with Gasteiger partial charge in [-0.25, -0.2) is 22.5 Å². The maximum atomic E-state index is 13.0. The summed E-state index contributed by atoms with van der Waals surface area (Å²) in [6, 6.07) is 3.65. The average molecular weight is 328 g/mol. The quantitative estimate of drug-likeness (QED) is 0.918. The topological polar surface area (TPSA) is 59.1 Å². The van der Waals surface area contributed by atoms with E-state index >= 15 is 0 Å². The maximum Gasteiger partial charge on any atom is 0.240 e. The smallest absolute Gasteiger partial charge is 0.240 e. The molecule has 1 aromatic carbocycles. The van der Waals surface area contributed by atoms with Gasteiger partial charge >= 0.3 is 0 Å². The minimum atomic E-state index is -3.62. The molecular formula is C14H17FN2O2S2. The molecule has 0 bridgehead atoms. The van der Waals surface area contributed by atoms with Crippen LogP contribution in [-0.4, -0.2) is 19.9 Å². The van der Waals surface area contributed by atoms with Crippen molar-refractivity contribution in [3.63, 3.8) is 0 Å². The Hall–Kier alpha value is -1.31. The summed E-state index contributed by atoms with van der Waals surface area (Å²) in [6.45, 7) is 5.71. The van der Waals surface area contributed by atoms with Crippen LogP contribution >= 0.6 is 11.3 Å². The Morgan fingerprint density at radius 2 is 2.00 bits per heavy atom. The molecule has 0 atom stereocenters. The molecule has 0 spiro atoms. The second kappa shape index (κ2) is 6.21. The summed E-state index contributed by atoms with van der Waals surface area (Å²) in [6.07, 6.45) is 0.594. The summed E-state index contributed by atoms with van der Waals surface area (Å²) < 4.78 is 40.0. The molecule has 0 aliphatic carbocycles. The van der Waals surface area contributed by atoms with Crippen LogP contribution in [0.2, 0.25) is 0 Å². The molecule has 1 heterocycles. The van der Waals surface area contributed by atoms with E-state index in [1.807, 2.05) is 13.8 Å². The molecule has 1 N–H and O–H groups in total. The Balaban J connectivity index is 2.06. The highest BCUT2D eigenvalue weighted by molar-refractivity contribution is 7.89. The molecule has 0 radical (unpaired) electrons. The van der Waals surface area contributed by atoms with E-state index in [0.29, 0.717) is 18.5 Å². The van der Waals surface area contributed by atoms with E-state index in [-0.39, 0.29) is 4.90 Å². The van der Waals surface area contributed by atoms with Crippen LogP contribution in [0.3, 0.4) is 0 Å². The number of halogens is 1. The van der Waals surface area contributed by atoms with Crippen molar-refractivity contribution in [3.05, 3.63) is 45.2 Å². The summed E-state index contributed by atoms with van der Waals surface area (Å²) in [7, 11) is -3.62. The van der Waals surface area contributed by atoms with Gasteiger partial charge in [-0.3, -0.25) is 0 Å². The van der Waals surface area contributed by atoms with E-state index < -0.39 is 15.8 Å². The lowest BCUT2D eigenvalue weighted by Crippen LogP contribution is -2.26. The molecule has 114 valence electrons. The highest BCUT2D eigenvalue weighted by Gasteiger charge is 2.17. The Morgan fingerprint density at radius 1 is 1.29 bits per heavy atom. The number of nitrogens with one attached hydrogen (secondary N) is 1. The molecule has 7 heteroatoms. The van der Waals surface area contributed by atoms with Crippen molar-refractivity contribution in [3.8, 4) is 0 Å². The van der Waals surface area contributed by atoms with Crippen molar-refractivity contribution in [1.29, 1.82) is 0 Å². The molecule has 2 rings (SSSR count). The normalized spacial score (nSPS) is 11.8. The van der Waals surface area contributed by atoms with Gasteiger partial charge in [-0.2, -0.15) is 0 Å². The number of benzene rings is 1. The second-order valence-electron chi connectivity index (χ2n) is 4.80. The molecule has 4 nitrogen and oxygen atoms in total. The molecule has 0 amide bonds. The summed E-state index contributed by atoms with van der Waals surface area (Å²) in [4.78, 5) is 5.49. The van der Waals surface area contributed by atoms with Gasteiger partial charge in [0, 0.05) is 11.4 Å². The van der Waals surface area contributed by atoms with Crippen molar-refractivity contribution in [2.75, 3.05) is 6.54 Å². The SMILES string of the molecule is Cc1nc(C)c(CCNS(=O)(=O)c2ccc(F)cc2C)s1. The Kier molecular flexibility index (Phi) is 4.75. The lowest BCUT2D eigenvalue weighted by Gasteiger charge is -2.09. The molecule has 0 fully saturated rings. The first kappa shape index (κ1) is 16.1. The van der Waals surface area contributed by atoms with Crippen molar-refractivity contribution in [2.24, 2.45) is 0 Å². The van der Waals surface area contributed by atoms with E-state index in [1.54, 1.807) is 18.3 Å². The van der Waals surface area contributed by atoms with Crippen LogP contribution in [0.4, 0.5) is 4.39 Å². The number of nitrogens with zero attached hydrogens (tertiary/aromatic N) is 1. The predicted octanol–water partition coefficient (Wildman–Crippen LogP) is 2.73. The Morgan fingerprint density at radius 3 is 2.57 bits per heavy atom. The van der Waals surface area contributed by atoms with Crippen LogP contribution in [0.25, 0.3) is 0 Å². The molecule has 0 saturated heterocycles. The number of aromatic nitrogens is 1. The third-order valence-electron chi connectivity index (χ3n) is 3.07. The van der Waals surface area contributed by atoms with Crippen molar-refractivity contribution >= 4 is 21.4 Å². The van der Waals surface area contributed by atoms with Gasteiger partial charge in [0.2, 0.25) is 10.0 Å². The molecule has 21 heavy (non-hydrogen) atoms. The standard InChI is InChI=1S/C14H17FN2O2S2/c1-9-8-12(15)4-5-14(9)21(18,19)16-7-6-13-10(2)17-11(3)20-13/h4-5,8,16H,6-7H2,1-3H3. The van der Waals surface area contributed by atoms with Crippen molar-refractivity contribution < 1.29 is 12.8 Å². The molecule has 1 aromatic heterocycles. The molecule has 0 saturated carbocycles. The number of hydrogen-bond donors (Lipinski definition) is 1. The predicted molar refractivity (Wildman–Crippen MR) is 81.6 cm³/mol. The molecule has 0 aliphatic rings. The van der Waals surface area contributed by atoms with Crippen LogP contribution in [0.5, 0.6) is 0 Å². The average Bonchev–Trinajstić information content (AvgIpc) is 2.67. The second-order valence-corrected chi connectivity index (χ2v) is 7.82. The van der Waals surface area contributed by atoms with Gasteiger partial charge in [0.15, 0.2) is 0 Å². The first-order valence-electron chi connectivity index (χ1n) is 6.48. The zero-order valence-electron chi connectivity index (χ0n) is 12.1. The fourth-order valence-electron chi connectivity index (χ4n) is 2.10. The minimum absolute atomic E-state index is 0.112. The van der Waals surface area contributed by atoms with E-state index in [9.17, 15) is 12.8 Å². The Bertz CT molecular complexity index is 754. The van der Waals surface area contributed by atoms with Gasteiger partial charge < -0.3 is 0 Å². The molecule has 0 unspecified atom stereocenters. The summed E-state index contributed by atoms with van der Waals surface area (Å²) >= 11 is 1.57. The van der Waals surface area contributed by atoms with E-state index in [4.69, 9.17) is 0 Å². The maximum absolute atomic E-state index is 13.0. The zero-order chi connectivity index (χ0) is 15.6. The lowest BCUT2D eigenvalue weighted by molar-refractivity contribution is 0.580. The van der Waals surface area contributed by atoms with E-state index in [2.05, 4.69) is 9.71 Å². The van der Waals surface area contributed by atoms with Crippen molar-refractivity contribution in [2.45, 2.75) is 32.1 Å². The third kappa shape index (κ3) is 3.87. The van der Waals surface area contributed by atoms with Crippen molar-refractivity contribution in [1.82, 2.24) is 9.71 Å². The first-order valence-corrected chi connectivity index (χ1v) is 8.78.